The van der Waals surface area contributed by atoms with Gasteiger partial charge in [0.25, 0.3) is 0 Å². The highest BCUT2D eigenvalue weighted by Crippen LogP contribution is 2.38. The maximum atomic E-state index is 12.4. The highest BCUT2D eigenvalue weighted by molar-refractivity contribution is 5.78. The molecule has 1 unspecified atom stereocenters. The predicted octanol–water partition coefficient (Wildman–Crippen LogP) is 2.13. The van der Waals surface area contributed by atoms with Crippen molar-refractivity contribution < 1.29 is 14.3 Å². The van der Waals surface area contributed by atoms with E-state index >= 15 is 0 Å². The molecule has 1 amide bonds. The second kappa shape index (κ2) is 6.89. The van der Waals surface area contributed by atoms with Gasteiger partial charge in [-0.15, -0.1) is 0 Å². The maximum absolute atomic E-state index is 12.4. The summed E-state index contributed by atoms with van der Waals surface area (Å²) in [6, 6.07) is 7.73. The van der Waals surface area contributed by atoms with E-state index in [9.17, 15) is 4.79 Å². The van der Waals surface area contributed by atoms with Crippen molar-refractivity contribution >= 4 is 5.91 Å². The number of benzene rings is 1. The van der Waals surface area contributed by atoms with Crippen LogP contribution >= 0.6 is 0 Å². The van der Waals surface area contributed by atoms with Crippen molar-refractivity contribution in [3.05, 3.63) is 29.8 Å². The Balaban J connectivity index is 1.54. The lowest BCUT2D eigenvalue weighted by atomic mass is 9.79. The smallest absolute Gasteiger partial charge is 0.234 e. The Morgan fingerprint density at radius 3 is 2.91 bits per heavy atom. The van der Waals surface area contributed by atoms with Crippen LogP contribution in [0.2, 0.25) is 0 Å². The molecule has 0 bridgehead atoms. The van der Waals surface area contributed by atoms with Gasteiger partial charge >= 0.3 is 0 Å². The first-order valence-electron chi connectivity index (χ1n) is 8.40. The van der Waals surface area contributed by atoms with Gasteiger partial charge in [-0.3, -0.25) is 9.69 Å². The minimum absolute atomic E-state index is 0.0345. The number of hydrogen-bond donors (Lipinski definition) is 1. The molecule has 0 radical (unpaired) electrons. The quantitative estimate of drug-likeness (QED) is 0.903. The molecule has 5 heteroatoms. The van der Waals surface area contributed by atoms with E-state index in [4.69, 9.17) is 9.47 Å². The predicted molar refractivity (Wildman–Crippen MR) is 88.5 cm³/mol. The summed E-state index contributed by atoms with van der Waals surface area (Å²) < 4.78 is 11.3. The molecule has 1 N–H and O–H groups in total. The third-order valence-corrected chi connectivity index (χ3v) is 4.94. The van der Waals surface area contributed by atoms with Gasteiger partial charge in [-0.1, -0.05) is 18.2 Å². The second-order valence-corrected chi connectivity index (χ2v) is 6.63. The summed E-state index contributed by atoms with van der Waals surface area (Å²) in [5, 5.41) is 3.08. The molecule has 1 aliphatic carbocycles. The third kappa shape index (κ3) is 3.67. The van der Waals surface area contributed by atoms with Crippen LogP contribution in [0.15, 0.2) is 24.3 Å². The lowest BCUT2D eigenvalue weighted by Crippen LogP contribution is -2.57. The van der Waals surface area contributed by atoms with E-state index in [2.05, 4.69) is 10.2 Å². The molecule has 1 aromatic carbocycles. The summed E-state index contributed by atoms with van der Waals surface area (Å²) in [4.78, 5) is 14.6. The standard InChI is InChI=1S/C18H26N2O3/c1-14(15-6-3-4-7-16(15)22-2)19-17(21)12-20-10-11-23-18(13-20)8-5-9-18/h3-4,6-7,14H,5,8-13H2,1-2H3,(H,19,21). The molecule has 1 aliphatic heterocycles. The average molecular weight is 318 g/mol. The molecule has 1 spiro atoms. The largest absolute Gasteiger partial charge is 0.496 e. The van der Waals surface area contributed by atoms with Gasteiger partial charge in [0.05, 0.1) is 31.9 Å². The van der Waals surface area contributed by atoms with Crippen LogP contribution in [0, 0.1) is 0 Å². The molecule has 1 atom stereocenters. The van der Waals surface area contributed by atoms with Crippen molar-refractivity contribution in [2.75, 3.05) is 33.4 Å². The fourth-order valence-corrected chi connectivity index (χ4v) is 3.52. The van der Waals surface area contributed by atoms with Gasteiger partial charge in [0.2, 0.25) is 5.91 Å². The minimum atomic E-state index is -0.0719. The number of ether oxygens (including phenoxy) is 2. The SMILES string of the molecule is COc1ccccc1C(C)NC(=O)CN1CCOC2(CCC2)C1. The van der Waals surface area contributed by atoms with Crippen LogP contribution in [0.25, 0.3) is 0 Å². The Labute approximate surface area is 137 Å². The zero-order valence-electron chi connectivity index (χ0n) is 14.0. The van der Waals surface area contributed by atoms with Crippen molar-refractivity contribution in [2.24, 2.45) is 0 Å². The summed E-state index contributed by atoms with van der Waals surface area (Å²) >= 11 is 0. The van der Waals surface area contributed by atoms with Crippen LogP contribution < -0.4 is 10.1 Å². The molecule has 3 rings (SSSR count). The molecule has 1 saturated carbocycles. The minimum Gasteiger partial charge on any atom is -0.496 e. The highest BCUT2D eigenvalue weighted by Gasteiger charge is 2.42. The van der Waals surface area contributed by atoms with Gasteiger partial charge in [0.15, 0.2) is 0 Å². The monoisotopic (exact) mass is 318 g/mol. The van der Waals surface area contributed by atoms with Gasteiger partial charge in [-0.05, 0) is 32.3 Å². The summed E-state index contributed by atoms with van der Waals surface area (Å²) in [6.07, 6.45) is 3.50. The van der Waals surface area contributed by atoms with Crippen LogP contribution in [-0.2, 0) is 9.53 Å². The molecule has 1 saturated heterocycles. The van der Waals surface area contributed by atoms with Crippen molar-refractivity contribution in [1.82, 2.24) is 10.2 Å². The Bertz CT molecular complexity index is 557. The number of morpholine rings is 1. The van der Waals surface area contributed by atoms with E-state index in [-0.39, 0.29) is 17.6 Å². The van der Waals surface area contributed by atoms with E-state index in [0.717, 1.165) is 43.9 Å². The van der Waals surface area contributed by atoms with E-state index in [1.165, 1.54) is 6.42 Å². The van der Waals surface area contributed by atoms with Gasteiger partial charge in [0.1, 0.15) is 5.75 Å². The number of para-hydroxylation sites is 1. The molecule has 23 heavy (non-hydrogen) atoms. The number of methoxy groups -OCH3 is 1. The van der Waals surface area contributed by atoms with Crippen molar-refractivity contribution in [3.8, 4) is 5.75 Å². The first-order chi connectivity index (χ1) is 11.1. The maximum Gasteiger partial charge on any atom is 0.234 e. The number of hydrogen-bond acceptors (Lipinski definition) is 4. The summed E-state index contributed by atoms with van der Waals surface area (Å²) in [7, 11) is 1.65. The number of carbonyl (C=O) groups is 1. The Hall–Kier alpha value is -1.59. The van der Waals surface area contributed by atoms with Crippen molar-refractivity contribution in [2.45, 2.75) is 37.8 Å². The molecular weight excluding hydrogens is 292 g/mol. The highest BCUT2D eigenvalue weighted by atomic mass is 16.5. The van der Waals surface area contributed by atoms with E-state index in [1.54, 1.807) is 7.11 Å². The summed E-state index contributed by atoms with van der Waals surface area (Å²) in [5.41, 5.74) is 1.04. The molecule has 126 valence electrons. The fraction of sp³-hybridized carbons (Fsp3) is 0.611. The van der Waals surface area contributed by atoms with E-state index in [0.29, 0.717) is 6.54 Å². The Morgan fingerprint density at radius 1 is 1.43 bits per heavy atom. The van der Waals surface area contributed by atoms with Crippen LogP contribution in [0.5, 0.6) is 5.75 Å². The Morgan fingerprint density at radius 2 is 2.22 bits per heavy atom. The van der Waals surface area contributed by atoms with E-state index < -0.39 is 0 Å². The number of carbonyl (C=O) groups excluding carboxylic acids is 1. The third-order valence-electron chi connectivity index (χ3n) is 4.94. The van der Waals surface area contributed by atoms with Crippen molar-refractivity contribution in [3.63, 3.8) is 0 Å². The number of amides is 1. The van der Waals surface area contributed by atoms with Gasteiger partial charge in [0, 0.05) is 18.7 Å². The van der Waals surface area contributed by atoms with Gasteiger partial charge in [-0.2, -0.15) is 0 Å². The normalized spacial score (nSPS) is 21.5. The topological polar surface area (TPSA) is 50.8 Å². The van der Waals surface area contributed by atoms with Crippen LogP contribution in [-0.4, -0.2) is 49.8 Å². The molecular formula is C18H26N2O3. The Kier molecular flexibility index (Phi) is 4.87. The second-order valence-electron chi connectivity index (χ2n) is 6.63. The fourth-order valence-electron chi connectivity index (χ4n) is 3.52. The zero-order chi connectivity index (χ0) is 16.3. The number of nitrogens with one attached hydrogen (secondary N) is 1. The number of nitrogens with zero attached hydrogens (tertiary/aromatic N) is 1. The lowest BCUT2D eigenvalue weighted by Gasteiger charge is -2.48. The average Bonchev–Trinajstić information content (AvgIpc) is 2.53. The number of rotatable bonds is 5. The van der Waals surface area contributed by atoms with Crippen LogP contribution in [0.1, 0.15) is 37.8 Å². The first-order valence-corrected chi connectivity index (χ1v) is 8.40. The van der Waals surface area contributed by atoms with Gasteiger partial charge < -0.3 is 14.8 Å². The summed E-state index contributed by atoms with van der Waals surface area (Å²) in [5.74, 6) is 0.861. The lowest BCUT2D eigenvalue weighted by molar-refractivity contribution is -0.154. The zero-order valence-corrected chi connectivity index (χ0v) is 14.0. The molecule has 0 aromatic heterocycles. The van der Waals surface area contributed by atoms with Crippen molar-refractivity contribution in [1.29, 1.82) is 0 Å². The molecule has 1 aromatic rings. The summed E-state index contributed by atoms with van der Waals surface area (Å²) in [6.45, 7) is 4.87. The first kappa shape index (κ1) is 16.3. The van der Waals surface area contributed by atoms with Crippen LogP contribution in [0.3, 0.4) is 0 Å². The molecule has 2 fully saturated rings. The van der Waals surface area contributed by atoms with Gasteiger partial charge in [-0.25, -0.2) is 0 Å². The molecule has 1 heterocycles. The van der Waals surface area contributed by atoms with Crippen LogP contribution in [0.4, 0.5) is 0 Å². The molecule has 2 aliphatic rings. The van der Waals surface area contributed by atoms with E-state index in [1.807, 2.05) is 31.2 Å². The molecule has 5 nitrogen and oxygen atoms in total.